The summed E-state index contributed by atoms with van der Waals surface area (Å²) in [5, 5.41) is 9.17. The van der Waals surface area contributed by atoms with Gasteiger partial charge in [-0.1, -0.05) is 46.0 Å². The minimum atomic E-state index is -1.73. The van der Waals surface area contributed by atoms with E-state index in [2.05, 4.69) is 67.0 Å². The third-order valence-corrected chi connectivity index (χ3v) is 13.5. The number of carbonyl (C=O) groups excluding carboxylic acids is 1. The second kappa shape index (κ2) is 26.4. The molecule has 0 aliphatic carbocycles. The molecule has 0 unspecified atom stereocenters. The van der Waals surface area contributed by atoms with E-state index >= 15 is 0 Å². The Morgan fingerprint density at radius 3 is 1.60 bits per heavy atom. The van der Waals surface area contributed by atoms with E-state index in [0.29, 0.717) is 64.7 Å². The van der Waals surface area contributed by atoms with Gasteiger partial charge in [0.25, 0.3) is 5.79 Å². The first kappa shape index (κ1) is 53.8. The van der Waals surface area contributed by atoms with Crippen LogP contribution in [-0.4, -0.2) is 116 Å². The Kier molecular flexibility index (Phi) is 24.5. The highest BCUT2D eigenvalue weighted by Gasteiger charge is 2.73. The lowest BCUT2D eigenvalue weighted by Gasteiger charge is -2.55. The second-order valence-electron chi connectivity index (χ2n) is 20.4. The van der Waals surface area contributed by atoms with Crippen LogP contribution in [0.2, 0.25) is 45.3 Å². The zero-order valence-electron chi connectivity index (χ0n) is 39.3. The molecular weight excluding hydrogens is 773 g/mol. The van der Waals surface area contributed by atoms with Gasteiger partial charge in [-0.2, -0.15) is 0 Å². The number of rotatable bonds is 22. The smallest absolute Gasteiger partial charge is 0.346 e. The minimum Gasteiger partial charge on any atom is -0.413 e. The predicted octanol–water partition coefficient (Wildman–Crippen LogP) is 10.4. The van der Waals surface area contributed by atoms with Crippen LogP contribution >= 0.6 is 0 Å². The zero-order chi connectivity index (χ0) is 43.2. The van der Waals surface area contributed by atoms with Crippen LogP contribution in [0.5, 0.6) is 0 Å². The van der Waals surface area contributed by atoms with Crippen LogP contribution in [0.1, 0.15) is 144 Å². The van der Waals surface area contributed by atoms with Gasteiger partial charge in [0.15, 0.2) is 8.32 Å². The van der Waals surface area contributed by atoms with Gasteiger partial charge in [-0.15, -0.1) is 0 Å². The van der Waals surface area contributed by atoms with E-state index < -0.39 is 33.9 Å². The van der Waals surface area contributed by atoms with Gasteiger partial charge in [0.1, 0.15) is 12.4 Å². The largest absolute Gasteiger partial charge is 0.413 e. The van der Waals surface area contributed by atoms with Gasteiger partial charge in [0, 0.05) is 27.7 Å². The third kappa shape index (κ3) is 20.3. The van der Waals surface area contributed by atoms with Crippen LogP contribution in [0, 0.1) is 5.41 Å². The fraction of sp³-hybridized carbons (Fsp3) is 0.978. The number of ether oxygens (including phenoxy) is 8. The van der Waals surface area contributed by atoms with Gasteiger partial charge in [0.05, 0.1) is 51.8 Å². The Bertz CT molecular complexity index is 1060. The fourth-order valence-corrected chi connectivity index (χ4v) is 13.8. The minimum absolute atomic E-state index is 0.0215. The summed E-state index contributed by atoms with van der Waals surface area (Å²) in [6, 6.07) is 1.37. The maximum atomic E-state index is 11.4. The van der Waals surface area contributed by atoms with E-state index in [-0.39, 0.29) is 24.6 Å². The quantitative estimate of drug-likeness (QED) is 0.0827. The number of carbonyl (C=O) groups is 1. The number of aliphatic hydroxyl groups excluding tert-OH is 1. The molecule has 0 radical (unpaired) electrons. The summed E-state index contributed by atoms with van der Waals surface area (Å²) in [6.45, 7) is 28.7. The molecule has 344 valence electrons. The molecule has 0 amide bonds. The summed E-state index contributed by atoms with van der Waals surface area (Å²) in [5.41, 5.74) is 0.418. The molecule has 3 fully saturated rings. The van der Waals surface area contributed by atoms with Gasteiger partial charge in [-0.05, 0) is 142 Å². The maximum absolute atomic E-state index is 11.4. The highest BCUT2D eigenvalue weighted by atomic mass is 28.4. The van der Waals surface area contributed by atoms with Crippen LogP contribution in [0.4, 0.5) is 0 Å². The Labute approximate surface area is 357 Å². The van der Waals surface area contributed by atoms with Crippen molar-refractivity contribution in [3.63, 3.8) is 0 Å². The molecule has 0 atom stereocenters. The summed E-state index contributed by atoms with van der Waals surface area (Å²) in [7, 11) is -2.43. The zero-order valence-corrected chi connectivity index (χ0v) is 41.3. The lowest BCUT2D eigenvalue weighted by Crippen LogP contribution is -2.77. The van der Waals surface area contributed by atoms with Crippen LogP contribution in [0.3, 0.4) is 0 Å². The molecule has 3 aliphatic heterocycles. The molecule has 0 aromatic carbocycles. The van der Waals surface area contributed by atoms with Crippen LogP contribution in [0.25, 0.3) is 0 Å². The molecule has 13 heteroatoms. The van der Waals surface area contributed by atoms with Crippen LogP contribution < -0.4 is 0 Å². The highest BCUT2D eigenvalue weighted by Crippen LogP contribution is 2.48. The number of hydrogen-bond acceptors (Lipinski definition) is 11. The standard InChI is InChI=1S/C31H56O10.C14H34OSi2/c1-28(33)17-7-2-10-24-39-31(40-25-15-6-16-26-41-31)30(37-22-13-5-14-23-38-30)29(27-34-19-9-3-8-18-32)35-20-11-4-12-21-36-29;1-13(2,12-16(5,6)7)11-14(3,4)15-17(8,9)10/h32H,2-27H2,1H3;11-12H2,1-10H3. The van der Waals surface area contributed by atoms with E-state index in [0.717, 1.165) is 103 Å². The van der Waals surface area contributed by atoms with Crippen LogP contribution in [-0.2, 0) is 47.1 Å². The van der Waals surface area contributed by atoms with Crippen molar-refractivity contribution in [3.8, 4) is 0 Å². The average molecular weight is 863 g/mol. The van der Waals surface area contributed by atoms with Crippen molar-refractivity contribution in [2.45, 2.75) is 212 Å². The predicted molar refractivity (Wildman–Crippen MR) is 237 cm³/mol. The maximum Gasteiger partial charge on any atom is 0.346 e. The molecule has 3 rings (SSSR count). The van der Waals surface area contributed by atoms with E-state index in [1.807, 2.05) is 0 Å². The van der Waals surface area contributed by atoms with Crippen molar-refractivity contribution in [2.75, 3.05) is 66.1 Å². The molecule has 0 saturated carbocycles. The number of ketones is 1. The summed E-state index contributed by atoms with van der Waals surface area (Å²) in [4.78, 5) is 11.4. The van der Waals surface area contributed by atoms with Crippen molar-refractivity contribution in [1.29, 1.82) is 0 Å². The fourth-order valence-electron chi connectivity index (χ4n) is 9.03. The van der Waals surface area contributed by atoms with Crippen molar-refractivity contribution in [3.05, 3.63) is 0 Å². The van der Waals surface area contributed by atoms with Crippen LogP contribution in [0.15, 0.2) is 0 Å². The van der Waals surface area contributed by atoms with Crippen molar-refractivity contribution in [1.82, 2.24) is 0 Å². The number of hydrogen-bond donors (Lipinski definition) is 1. The summed E-state index contributed by atoms with van der Waals surface area (Å²) in [6.07, 6.45) is 14.7. The lowest BCUT2D eigenvalue weighted by atomic mass is 9.83. The van der Waals surface area contributed by atoms with E-state index in [1.165, 1.54) is 6.04 Å². The van der Waals surface area contributed by atoms with Gasteiger partial charge < -0.3 is 52.2 Å². The molecule has 1 N–H and O–H groups in total. The third-order valence-electron chi connectivity index (χ3n) is 10.3. The number of aliphatic hydroxyl groups is 1. The Morgan fingerprint density at radius 2 is 1.12 bits per heavy atom. The van der Waals surface area contributed by atoms with E-state index in [4.69, 9.17) is 47.4 Å². The average Bonchev–Trinajstić information content (AvgIpc) is 3.04. The molecule has 0 aromatic heterocycles. The Hall–Kier alpha value is -0.296. The van der Waals surface area contributed by atoms with E-state index in [9.17, 15) is 4.79 Å². The van der Waals surface area contributed by atoms with Gasteiger partial charge in [-0.3, -0.25) is 0 Å². The summed E-state index contributed by atoms with van der Waals surface area (Å²) < 4.78 is 59.2. The first-order valence-electron chi connectivity index (χ1n) is 23.1. The first-order valence-corrected chi connectivity index (χ1v) is 30.2. The Morgan fingerprint density at radius 1 is 0.638 bits per heavy atom. The summed E-state index contributed by atoms with van der Waals surface area (Å²) >= 11 is 0. The molecule has 11 nitrogen and oxygen atoms in total. The van der Waals surface area contributed by atoms with Crippen molar-refractivity contribution < 1.29 is 52.2 Å². The second-order valence-corrected chi connectivity index (χ2v) is 30.4. The molecule has 3 aliphatic rings. The van der Waals surface area contributed by atoms with Crippen molar-refractivity contribution >= 4 is 22.2 Å². The van der Waals surface area contributed by atoms with Gasteiger partial charge in [-0.25, -0.2) is 0 Å². The molecule has 3 heterocycles. The molecule has 0 bridgehead atoms. The number of unbranched alkanes of at least 4 members (excludes halogenated alkanes) is 4. The normalized spacial score (nSPS) is 21.2. The molecule has 58 heavy (non-hydrogen) atoms. The van der Waals surface area contributed by atoms with Crippen molar-refractivity contribution in [2.24, 2.45) is 5.41 Å². The molecule has 0 aromatic rings. The van der Waals surface area contributed by atoms with Gasteiger partial charge in [0.2, 0.25) is 0 Å². The Balaban J connectivity index is 0.000000574. The monoisotopic (exact) mass is 863 g/mol. The number of Topliss-reactive ketones (excluding diaryl/α,β-unsaturated/α-hetero) is 1. The SMILES string of the molecule is CC(=O)CCCCCOC1(C2(C3(COCCCCCO)OCCCCCO3)OCCCCCO2)OCCCCCO1.CC(C)(CC(C)(C)O[Si](C)(C)C)C[Si](C)(C)C. The molecule has 3 saturated heterocycles. The topological polar surface area (TPSA) is 120 Å². The highest BCUT2D eigenvalue weighted by molar-refractivity contribution is 6.76. The van der Waals surface area contributed by atoms with E-state index in [1.54, 1.807) is 6.92 Å². The lowest BCUT2D eigenvalue weighted by molar-refractivity contribution is -0.558. The first-order chi connectivity index (χ1) is 27.2. The molecule has 0 spiro atoms. The van der Waals surface area contributed by atoms with Gasteiger partial charge >= 0.3 is 11.8 Å². The summed E-state index contributed by atoms with van der Waals surface area (Å²) in [5.74, 6) is -4.72. The molecular formula is C45H90O11Si2.